The smallest absolute Gasteiger partial charge is 0.161 e. The van der Waals surface area contributed by atoms with Gasteiger partial charge in [0, 0.05) is 28.9 Å². The predicted molar refractivity (Wildman–Crippen MR) is 107 cm³/mol. The van der Waals surface area contributed by atoms with Crippen molar-refractivity contribution in [2.45, 2.75) is 26.4 Å². The number of fused-ring (bicyclic) bond motifs is 1. The van der Waals surface area contributed by atoms with Crippen molar-refractivity contribution in [2.75, 3.05) is 13.2 Å². The highest BCUT2D eigenvalue weighted by atomic mass is 32.1. The summed E-state index contributed by atoms with van der Waals surface area (Å²) in [6.45, 7) is 6.44. The Morgan fingerprint density at radius 2 is 1.96 bits per heavy atom. The highest BCUT2D eigenvalue weighted by Crippen LogP contribution is 2.34. The number of aromatic nitrogens is 1. The highest BCUT2D eigenvalue weighted by molar-refractivity contribution is 7.14. The zero-order chi connectivity index (χ0) is 17.9. The van der Waals surface area contributed by atoms with E-state index in [9.17, 15) is 0 Å². The number of rotatable bonds is 6. The molecule has 0 unspecified atom stereocenters. The minimum Gasteiger partial charge on any atom is -0.486 e. The van der Waals surface area contributed by atoms with Crippen LogP contribution in [0.5, 0.6) is 11.5 Å². The molecule has 4 rings (SSSR count). The van der Waals surface area contributed by atoms with Crippen LogP contribution in [0.15, 0.2) is 40.4 Å². The summed E-state index contributed by atoms with van der Waals surface area (Å²) >= 11 is 3.40. The number of thiophene rings is 1. The topological polar surface area (TPSA) is 43.4 Å². The number of benzene rings is 1. The second-order valence-electron chi connectivity index (χ2n) is 6.66. The summed E-state index contributed by atoms with van der Waals surface area (Å²) < 4.78 is 11.4. The molecule has 0 fully saturated rings. The molecule has 0 saturated carbocycles. The molecule has 0 saturated heterocycles. The van der Waals surface area contributed by atoms with Gasteiger partial charge in [-0.15, -0.1) is 11.3 Å². The van der Waals surface area contributed by atoms with Crippen molar-refractivity contribution in [3.63, 3.8) is 0 Å². The summed E-state index contributed by atoms with van der Waals surface area (Å²) in [5.74, 6) is 2.13. The quantitative estimate of drug-likeness (QED) is 0.638. The summed E-state index contributed by atoms with van der Waals surface area (Å²) in [7, 11) is 0. The second-order valence-corrected chi connectivity index (χ2v) is 8.30. The van der Waals surface area contributed by atoms with Crippen LogP contribution in [0.25, 0.3) is 10.6 Å². The molecule has 0 spiro atoms. The Morgan fingerprint density at radius 1 is 1.12 bits per heavy atom. The Labute approximate surface area is 161 Å². The van der Waals surface area contributed by atoms with Crippen LogP contribution in [0.2, 0.25) is 0 Å². The molecular formula is C20H22N2O2S2. The first-order valence-electron chi connectivity index (χ1n) is 8.80. The van der Waals surface area contributed by atoms with E-state index in [1.54, 1.807) is 22.7 Å². The van der Waals surface area contributed by atoms with Gasteiger partial charge in [0.2, 0.25) is 0 Å². The molecule has 0 radical (unpaired) electrons. The van der Waals surface area contributed by atoms with E-state index in [2.05, 4.69) is 53.5 Å². The first-order chi connectivity index (χ1) is 12.7. The van der Waals surface area contributed by atoms with Gasteiger partial charge in [-0.3, -0.25) is 0 Å². The Morgan fingerprint density at radius 3 is 2.73 bits per heavy atom. The average molecular weight is 387 g/mol. The molecule has 3 aromatic rings. The van der Waals surface area contributed by atoms with Crippen molar-refractivity contribution in [3.05, 3.63) is 51.7 Å². The summed E-state index contributed by atoms with van der Waals surface area (Å²) in [6.07, 6.45) is 0. The van der Waals surface area contributed by atoms with Gasteiger partial charge in [-0.05, 0) is 35.1 Å². The lowest BCUT2D eigenvalue weighted by Crippen LogP contribution is -2.26. The Bertz CT molecular complexity index is 859. The minimum absolute atomic E-state index is 0.233. The van der Waals surface area contributed by atoms with Gasteiger partial charge in [-0.25, -0.2) is 4.98 Å². The van der Waals surface area contributed by atoms with Crippen molar-refractivity contribution in [1.82, 2.24) is 10.3 Å². The van der Waals surface area contributed by atoms with E-state index in [4.69, 9.17) is 14.5 Å². The summed E-state index contributed by atoms with van der Waals surface area (Å²) in [5.41, 5.74) is 3.51. The highest BCUT2D eigenvalue weighted by Gasteiger charge is 2.20. The fraction of sp³-hybridized carbons (Fsp3) is 0.350. The monoisotopic (exact) mass is 386 g/mol. The van der Waals surface area contributed by atoms with Crippen LogP contribution in [0.3, 0.4) is 0 Å². The lowest BCUT2D eigenvalue weighted by Gasteiger charge is -2.25. The van der Waals surface area contributed by atoms with Gasteiger partial charge in [-0.1, -0.05) is 19.9 Å². The SMILES string of the molecule is CC(C)[C@H](NCc1csc(-c2ccsc2)n1)c1ccc2c(c1)OCCO2. The summed E-state index contributed by atoms with van der Waals surface area (Å²) in [6, 6.07) is 8.59. The van der Waals surface area contributed by atoms with E-state index in [1.807, 2.05) is 6.07 Å². The van der Waals surface area contributed by atoms with Crippen LogP contribution >= 0.6 is 22.7 Å². The standard InChI is InChI=1S/C20H22N2O2S2/c1-13(2)19(14-3-4-17-18(9-14)24-7-6-23-17)21-10-16-12-26-20(22-16)15-5-8-25-11-15/h3-5,8-9,11-13,19,21H,6-7,10H2,1-2H3/t19-/m0/s1. The lowest BCUT2D eigenvalue weighted by molar-refractivity contribution is 0.171. The lowest BCUT2D eigenvalue weighted by atomic mass is 9.95. The van der Waals surface area contributed by atoms with E-state index >= 15 is 0 Å². The van der Waals surface area contributed by atoms with Crippen molar-refractivity contribution >= 4 is 22.7 Å². The van der Waals surface area contributed by atoms with Gasteiger partial charge in [0.05, 0.1) is 5.69 Å². The first kappa shape index (κ1) is 17.5. The third kappa shape index (κ3) is 3.77. The molecule has 1 N–H and O–H groups in total. The molecular weight excluding hydrogens is 364 g/mol. The van der Waals surface area contributed by atoms with Crippen molar-refractivity contribution in [3.8, 4) is 22.1 Å². The maximum Gasteiger partial charge on any atom is 0.161 e. The first-order valence-corrected chi connectivity index (χ1v) is 10.6. The van der Waals surface area contributed by atoms with Crippen molar-refractivity contribution in [1.29, 1.82) is 0 Å². The molecule has 4 nitrogen and oxygen atoms in total. The molecule has 1 aromatic carbocycles. The number of ether oxygens (including phenoxy) is 2. The van der Waals surface area contributed by atoms with Crippen molar-refractivity contribution in [2.24, 2.45) is 5.92 Å². The van der Waals surface area contributed by atoms with Gasteiger partial charge in [-0.2, -0.15) is 11.3 Å². The van der Waals surface area contributed by atoms with E-state index in [0.717, 1.165) is 28.7 Å². The zero-order valence-electron chi connectivity index (χ0n) is 14.9. The summed E-state index contributed by atoms with van der Waals surface area (Å²) in [4.78, 5) is 4.77. The maximum absolute atomic E-state index is 5.74. The van der Waals surface area contributed by atoms with Gasteiger partial charge >= 0.3 is 0 Å². The van der Waals surface area contributed by atoms with E-state index in [1.165, 1.54) is 11.1 Å². The van der Waals surface area contributed by atoms with E-state index in [-0.39, 0.29) is 6.04 Å². The van der Waals surface area contributed by atoms with Gasteiger partial charge in [0.25, 0.3) is 0 Å². The van der Waals surface area contributed by atoms with Gasteiger partial charge in [0.15, 0.2) is 11.5 Å². The van der Waals surface area contributed by atoms with Gasteiger partial charge < -0.3 is 14.8 Å². The summed E-state index contributed by atoms with van der Waals surface area (Å²) in [5, 5.41) is 11.1. The van der Waals surface area contributed by atoms with Crippen LogP contribution in [-0.2, 0) is 6.54 Å². The van der Waals surface area contributed by atoms with Crippen LogP contribution < -0.4 is 14.8 Å². The average Bonchev–Trinajstić information content (AvgIpc) is 3.33. The third-order valence-electron chi connectivity index (χ3n) is 4.41. The number of thiazole rings is 1. The Kier molecular flexibility index (Phi) is 5.24. The number of nitrogens with one attached hydrogen (secondary N) is 1. The predicted octanol–water partition coefficient (Wildman–Crippen LogP) is 5.13. The molecule has 2 aromatic heterocycles. The maximum atomic E-state index is 5.74. The molecule has 3 heterocycles. The molecule has 26 heavy (non-hydrogen) atoms. The van der Waals surface area contributed by atoms with Crippen LogP contribution in [0.1, 0.15) is 31.1 Å². The molecule has 1 atom stereocenters. The molecule has 1 aliphatic rings. The Hall–Kier alpha value is -1.89. The molecule has 0 amide bonds. The number of hydrogen-bond acceptors (Lipinski definition) is 6. The van der Waals surface area contributed by atoms with Crippen molar-refractivity contribution < 1.29 is 9.47 Å². The number of hydrogen-bond donors (Lipinski definition) is 1. The fourth-order valence-corrected chi connectivity index (χ4v) is 4.65. The number of nitrogens with zero attached hydrogens (tertiary/aromatic N) is 1. The third-order valence-corrected chi connectivity index (χ3v) is 6.04. The van der Waals surface area contributed by atoms with Crippen LogP contribution in [0.4, 0.5) is 0 Å². The van der Waals surface area contributed by atoms with Crippen LogP contribution in [-0.4, -0.2) is 18.2 Å². The molecule has 0 aliphatic carbocycles. The van der Waals surface area contributed by atoms with Gasteiger partial charge in [0.1, 0.15) is 18.2 Å². The molecule has 0 bridgehead atoms. The molecule has 6 heteroatoms. The fourth-order valence-electron chi connectivity index (χ4n) is 3.11. The van der Waals surface area contributed by atoms with E-state index in [0.29, 0.717) is 19.1 Å². The Balaban J connectivity index is 1.48. The van der Waals surface area contributed by atoms with Crippen LogP contribution in [0, 0.1) is 5.92 Å². The molecule has 1 aliphatic heterocycles. The van der Waals surface area contributed by atoms with E-state index < -0.39 is 0 Å². The largest absolute Gasteiger partial charge is 0.486 e. The normalized spacial score (nSPS) is 14.6. The minimum atomic E-state index is 0.233. The second kappa shape index (κ2) is 7.78. The zero-order valence-corrected chi connectivity index (χ0v) is 16.5. The molecule has 136 valence electrons.